The standard InChI is InChI=1S/C70H49NO/c1-69(2)58-27-13-9-22-52(58)55-39-37-49(43-62(55)69)71(48-35-32-45(33-36-48)44-18-5-3-6-19-44)64-41-40-51(67-57-25-12-16-31-65(57)72-68(64)67)47-34-38-56-63(42-47)70(59-28-14-10-23-53(59)54-24-11-15-29-60(54)70)61-30-17-26-50(66(56)61)46-20-7-4-8-21-46/h3-24,26-43,57H,25H2,1-2H3. The molecule has 1 unspecified atom stereocenters. The van der Waals surface area contributed by atoms with Crippen LogP contribution in [0, 0.1) is 0 Å². The summed E-state index contributed by atoms with van der Waals surface area (Å²) < 4.78 is 7.27. The molecule has 72 heavy (non-hydrogen) atoms. The average Bonchev–Trinajstić information content (AvgIpc) is 4.14. The van der Waals surface area contributed by atoms with Crippen LogP contribution in [0.2, 0.25) is 0 Å². The normalized spacial score (nSPS) is 16.1. The molecule has 0 N–H and O–H groups in total. The monoisotopic (exact) mass is 919 g/mol. The quantitative estimate of drug-likeness (QED) is 0.165. The lowest BCUT2D eigenvalue weighted by molar-refractivity contribution is 0.426. The van der Waals surface area contributed by atoms with E-state index in [1.54, 1.807) is 0 Å². The lowest BCUT2D eigenvalue weighted by atomic mass is 9.70. The van der Waals surface area contributed by atoms with Crippen molar-refractivity contribution >= 4 is 17.1 Å². The van der Waals surface area contributed by atoms with E-state index in [4.69, 9.17) is 4.74 Å². The SMILES string of the molecule is CC1(C)c2ccccc2-c2ccc(N(c3ccc(-c4ccccc4)cc3)c3ccc(-c4ccc5c(c4)C4(c6ccccc6-c6ccccc64)c4cccc(-c6ccccc6)c4-5)c4c3OC3=CC=CCC34)cc21. The van der Waals surface area contributed by atoms with Crippen molar-refractivity contribution < 1.29 is 4.74 Å². The lowest BCUT2D eigenvalue weighted by Gasteiger charge is -2.31. The van der Waals surface area contributed by atoms with Gasteiger partial charge in [0.1, 0.15) is 5.76 Å². The van der Waals surface area contributed by atoms with Crippen LogP contribution in [0.4, 0.5) is 17.1 Å². The third-order valence-corrected chi connectivity index (χ3v) is 16.7. The Morgan fingerprint density at radius 1 is 0.417 bits per heavy atom. The van der Waals surface area contributed by atoms with Gasteiger partial charge >= 0.3 is 0 Å². The van der Waals surface area contributed by atoms with E-state index in [9.17, 15) is 0 Å². The van der Waals surface area contributed by atoms with E-state index in [-0.39, 0.29) is 11.3 Å². The van der Waals surface area contributed by atoms with Crippen LogP contribution in [0.25, 0.3) is 66.8 Å². The van der Waals surface area contributed by atoms with Gasteiger partial charge in [-0.3, -0.25) is 0 Å². The molecule has 1 aliphatic heterocycles. The van der Waals surface area contributed by atoms with Gasteiger partial charge in [-0.1, -0.05) is 214 Å². The van der Waals surface area contributed by atoms with Gasteiger partial charge in [0, 0.05) is 28.3 Å². The Hall–Kier alpha value is -8.72. The maximum atomic E-state index is 7.27. The van der Waals surface area contributed by atoms with Crippen molar-refractivity contribution in [2.75, 3.05) is 4.90 Å². The smallest absolute Gasteiger partial charge is 0.155 e. The Labute approximate surface area is 421 Å². The molecule has 0 bridgehead atoms. The fourth-order valence-corrected chi connectivity index (χ4v) is 13.5. The van der Waals surface area contributed by atoms with E-state index in [1.165, 1.54) is 106 Å². The van der Waals surface area contributed by atoms with E-state index in [2.05, 4.69) is 261 Å². The number of nitrogens with zero attached hydrogens (tertiary/aromatic N) is 1. The van der Waals surface area contributed by atoms with Gasteiger partial charge in [0.2, 0.25) is 0 Å². The highest BCUT2D eigenvalue weighted by Crippen LogP contribution is 2.65. The second-order valence-electron chi connectivity index (χ2n) is 20.6. The van der Waals surface area contributed by atoms with E-state index in [0.29, 0.717) is 0 Å². The summed E-state index contributed by atoms with van der Waals surface area (Å²) in [5.41, 5.74) is 27.0. The number of allylic oxidation sites excluding steroid dienone is 4. The molecule has 2 heteroatoms. The number of ether oxygens (including phenoxy) is 1. The summed E-state index contributed by atoms with van der Waals surface area (Å²) in [5, 5.41) is 0. The number of hydrogen-bond donors (Lipinski definition) is 0. The van der Waals surface area contributed by atoms with Gasteiger partial charge in [0.25, 0.3) is 0 Å². The van der Waals surface area contributed by atoms with Crippen LogP contribution in [0.1, 0.15) is 65.1 Å². The summed E-state index contributed by atoms with van der Waals surface area (Å²) in [7, 11) is 0. The topological polar surface area (TPSA) is 12.5 Å². The molecule has 1 heterocycles. The zero-order valence-electron chi connectivity index (χ0n) is 40.2. The second kappa shape index (κ2) is 15.4. The van der Waals surface area contributed by atoms with Crippen LogP contribution in [0.3, 0.4) is 0 Å². The number of fused-ring (bicyclic) bond motifs is 16. The molecule has 1 spiro atoms. The summed E-state index contributed by atoms with van der Waals surface area (Å²) in [6, 6.07) is 83.9. The minimum atomic E-state index is -0.499. The van der Waals surface area contributed by atoms with Gasteiger partial charge in [-0.2, -0.15) is 0 Å². The van der Waals surface area contributed by atoms with Gasteiger partial charge < -0.3 is 9.64 Å². The van der Waals surface area contributed by atoms with Crippen LogP contribution in [-0.2, 0) is 10.8 Å². The van der Waals surface area contributed by atoms with E-state index >= 15 is 0 Å². The second-order valence-corrected chi connectivity index (χ2v) is 20.6. The van der Waals surface area contributed by atoms with Crippen LogP contribution in [0.15, 0.2) is 248 Å². The first-order valence-electron chi connectivity index (χ1n) is 25.4. The highest BCUT2D eigenvalue weighted by Gasteiger charge is 2.52. The number of rotatable bonds is 6. The van der Waals surface area contributed by atoms with Crippen molar-refractivity contribution in [3.8, 4) is 72.5 Å². The third kappa shape index (κ3) is 5.66. The molecule has 5 aliphatic rings. The summed E-state index contributed by atoms with van der Waals surface area (Å²) >= 11 is 0. The first-order valence-corrected chi connectivity index (χ1v) is 25.4. The fraction of sp³-hybridized carbons (Fsp3) is 0.0857. The summed E-state index contributed by atoms with van der Waals surface area (Å²) in [5.74, 6) is 2.00. The molecule has 0 aromatic heterocycles. The van der Waals surface area contributed by atoms with Crippen molar-refractivity contribution in [2.24, 2.45) is 0 Å². The lowest BCUT2D eigenvalue weighted by Crippen LogP contribution is -2.25. The maximum absolute atomic E-state index is 7.27. The molecule has 0 fully saturated rings. The zero-order valence-corrected chi connectivity index (χ0v) is 40.2. The number of hydrogen-bond acceptors (Lipinski definition) is 2. The van der Waals surface area contributed by atoms with Crippen molar-refractivity contribution in [1.82, 2.24) is 0 Å². The third-order valence-electron chi connectivity index (χ3n) is 16.7. The number of benzene rings is 10. The fourth-order valence-electron chi connectivity index (χ4n) is 13.5. The molecule has 0 radical (unpaired) electrons. The predicted molar refractivity (Wildman–Crippen MR) is 297 cm³/mol. The minimum absolute atomic E-state index is 0.0766. The van der Waals surface area contributed by atoms with Gasteiger partial charge in [-0.25, -0.2) is 0 Å². The Balaban J connectivity index is 0.955. The Kier molecular flexibility index (Phi) is 8.78. The van der Waals surface area contributed by atoms with Crippen LogP contribution in [0.5, 0.6) is 5.75 Å². The Morgan fingerprint density at radius 2 is 0.972 bits per heavy atom. The first kappa shape index (κ1) is 41.1. The molecular weight excluding hydrogens is 871 g/mol. The average molecular weight is 920 g/mol. The molecule has 340 valence electrons. The molecule has 10 aromatic rings. The number of anilines is 3. The van der Waals surface area contributed by atoms with Crippen molar-refractivity contribution in [1.29, 1.82) is 0 Å². The van der Waals surface area contributed by atoms with Gasteiger partial charge in [-0.15, -0.1) is 0 Å². The summed E-state index contributed by atoms with van der Waals surface area (Å²) in [6.07, 6.45) is 7.51. The predicted octanol–water partition coefficient (Wildman–Crippen LogP) is 18.1. The Morgan fingerprint density at radius 3 is 1.71 bits per heavy atom. The van der Waals surface area contributed by atoms with Crippen LogP contribution in [-0.4, -0.2) is 0 Å². The van der Waals surface area contributed by atoms with Gasteiger partial charge in [0.15, 0.2) is 5.75 Å². The Bertz CT molecular complexity index is 3900. The molecule has 4 aliphatic carbocycles. The highest BCUT2D eigenvalue weighted by atomic mass is 16.5. The summed E-state index contributed by atoms with van der Waals surface area (Å²) in [6.45, 7) is 4.73. The molecule has 10 aromatic carbocycles. The molecule has 1 atom stereocenters. The van der Waals surface area contributed by atoms with Crippen molar-refractivity contribution in [2.45, 2.75) is 37.0 Å². The first-order chi connectivity index (χ1) is 35.5. The van der Waals surface area contributed by atoms with E-state index in [0.717, 1.165) is 35.0 Å². The largest absolute Gasteiger partial charge is 0.459 e. The molecule has 15 rings (SSSR count). The molecular formula is C70H49NO. The maximum Gasteiger partial charge on any atom is 0.155 e. The van der Waals surface area contributed by atoms with Crippen LogP contribution < -0.4 is 9.64 Å². The minimum Gasteiger partial charge on any atom is -0.459 e. The molecule has 2 nitrogen and oxygen atoms in total. The zero-order chi connectivity index (χ0) is 47.7. The van der Waals surface area contributed by atoms with Crippen molar-refractivity contribution in [3.63, 3.8) is 0 Å². The van der Waals surface area contributed by atoms with E-state index in [1.807, 2.05) is 0 Å². The van der Waals surface area contributed by atoms with Crippen LogP contribution >= 0.6 is 0 Å². The highest BCUT2D eigenvalue weighted by molar-refractivity contribution is 6.01. The molecule has 0 amide bonds. The van der Waals surface area contributed by atoms with Crippen molar-refractivity contribution in [3.05, 3.63) is 287 Å². The van der Waals surface area contributed by atoms with E-state index < -0.39 is 5.41 Å². The summed E-state index contributed by atoms with van der Waals surface area (Å²) in [4.78, 5) is 2.44. The molecule has 0 saturated carbocycles. The van der Waals surface area contributed by atoms with Gasteiger partial charge in [-0.05, 0) is 149 Å². The molecule has 0 saturated heterocycles. The van der Waals surface area contributed by atoms with Gasteiger partial charge in [0.05, 0.1) is 11.1 Å².